The van der Waals surface area contributed by atoms with Gasteiger partial charge < -0.3 is 15.2 Å². The van der Waals surface area contributed by atoms with Crippen molar-refractivity contribution in [1.82, 2.24) is 0 Å². The molecule has 1 amide bonds. The highest BCUT2D eigenvalue weighted by atomic mass is 35.5. The van der Waals surface area contributed by atoms with E-state index < -0.39 is 0 Å². The maximum absolute atomic E-state index is 11.8. The van der Waals surface area contributed by atoms with E-state index in [-0.39, 0.29) is 19.1 Å². The number of rotatable bonds is 5. The van der Waals surface area contributed by atoms with Gasteiger partial charge in [-0.2, -0.15) is 0 Å². The first-order chi connectivity index (χ1) is 10.1. The van der Waals surface area contributed by atoms with Crippen LogP contribution < -0.4 is 10.1 Å². The van der Waals surface area contributed by atoms with Gasteiger partial charge in [-0.25, -0.2) is 0 Å². The molecule has 110 valence electrons. The third-order valence-corrected chi connectivity index (χ3v) is 3.17. The summed E-state index contributed by atoms with van der Waals surface area (Å²) in [6.07, 6.45) is 0. The predicted molar refractivity (Wildman–Crippen MR) is 82.7 cm³/mol. The Labute approximate surface area is 128 Å². The van der Waals surface area contributed by atoms with Crippen LogP contribution in [0.15, 0.2) is 42.5 Å². The van der Waals surface area contributed by atoms with Crippen LogP contribution >= 0.6 is 11.6 Å². The zero-order chi connectivity index (χ0) is 15.2. The molecule has 0 heterocycles. The molecule has 0 radical (unpaired) electrons. The SMILES string of the molecule is Cc1ccc(NC(=O)COc2ccc(CO)cc2Cl)cc1. The molecule has 5 heteroatoms. The van der Waals surface area contributed by atoms with Gasteiger partial charge in [0.2, 0.25) is 0 Å². The lowest BCUT2D eigenvalue weighted by Gasteiger charge is -2.09. The maximum atomic E-state index is 11.8. The smallest absolute Gasteiger partial charge is 0.262 e. The molecule has 4 nitrogen and oxygen atoms in total. The van der Waals surface area contributed by atoms with Crippen molar-refractivity contribution in [2.45, 2.75) is 13.5 Å². The van der Waals surface area contributed by atoms with Crippen molar-refractivity contribution in [1.29, 1.82) is 0 Å². The van der Waals surface area contributed by atoms with E-state index in [9.17, 15) is 4.79 Å². The first-order valence-corrected chi connectivity index (χ1v) is 6.85. The van der Waals surface area contributed by atoms with E-state index in [0.29, 0.717) is 16.3 Å². The quantitative estimate of drug-likeness (QED) is 0.892. The molecule has 2 aromatic rings. The first-order valence-electron chi connectivity index (χ1n) is 6.47. The molecule has 0 saturated carbocycles. The summed E-state index contributed by atoms with van der Waals surface area (Å²) in [5.74, 6) is 0.147. The van der Waals surface area contributed by atoms with E-state index in [1.54, 1.807) is 18.2 Å². The highest BCUT2D eigenvalue weighted by Crippen LogP contribution is 2.25. The summed E-state index contributed by atoms with van der Waals surface area (Å²) in [5.41, 5.74) is 2.53. The van der Waals surface area contributed by atoms with Crippen LogP contribution in [0.3, 0.4) is 0 Å². The molecule has 2 rings (SSSR count). The summed E-state index contributed by atoms with van der Waals surface area (Å²) in [6, 6.07) is 12.4. The number of aryl methyl sites for hydroxylation is 1. The minimum absolute atomic E-state index is 0.0894. The van der Waals surface area contributed by atoms with Gasteiger partial charge in [0, 0.05) is 5.69 Å². The molecule has 0 aliphatic rings. The molecule has 0 aliphatic carbocycles. The standard InChI is InChI=1S/C16H16ClNO3/c1-11-2-5-13(6-3-11)18-16(20)10-21-15-7-4-12(9-19)8-14(15)17/h2-8,19H,9-10H2,1H3,(H,18,20). The second-order valence-corrected chi connectivity index (χ2v) is 5.03. The van der Waals surface area contributed by atoms with E-state index in [1.807, 2.05) is 31.2 Å². The van der Waals surface area contributed by atoms with E-state index in [2.05, 4.69) is 5.32 Å². The topological polar surface area (TPSA) is 58.6 Å². The molecular formula is C16H16ClNO3. The van der Waals surface area contributed by atoms with E-state index in [0.717, 1.165) is 11.3 Å². The average Bonchev–Trinajstić information content (AvgIpc) is 2.48. The summed E-state index contributed by atoms with van der Waals surface area (Å²) < 4.78 is 5.37. The number of benzene rings is 2. The molecule has 21 heavy (non-hydrogen) atoms. The predicted octanol–water partition coefficient (Wildman–Crippen LogP) is 3.16. The summed E-state index contributed by atoms with van der Waals surface area (Å²) >= 11 is 6.00. The van der Waals surface area contributed by atoms with Gasteiger partial charge in [-0.05, 0) is 36.8 Å². The van der Waals surface area contributed by atoms with Crippen LogP contribution in [0, 0.1) is 6.92 Å². The third-order valence-electron chi connectivity index (χ3n) is 2.87. The fourth-order valence-electron chi connectivity index (χ4n) is 1.74. The molecule has 2 aromatic carbocycles. The molecule has 2 N–H and O–H groups in total. The Hall–Kier alpha value is -2.04. The van der Waals surface area contributed by atoms with Crippen molar-refractivity contribution < 1.29 is 14.6 Å². The van der Waals surface area contributed by atoms with Crippen LogP contribution in [0.25, 0.3) is 0 Å². The van der Waals surface area contributed by atoms with Crippen molar-refractivity contribution in [3.05, 3.63) is 58.6 Å². The van der Waals surface area contributed by atoms with Gasteiger partial charge in [0.25, 0.3) is 5.91 Å². The van der Waals surface area contributed by atoms with Gasteiger partial charge in [0.1, 0.15) is 5.75 Å². The summed E-state index contributed by atoms with van der Waals surface area (Å²) in [7, 11) is 0. The van der Waals surface area contributed by atoms with Crippen molar-refractivity contribution in [3.63, 3.8) is 0 Å². The second-order valence-electron chi connectivity index (χ2n) is 4.63. The van der Waals surface area contributed by atoms with Crippen LogP contribution in [-0.2, 0) is 11.4 Å². The van der Waals surface area contributed by atoms with Gasteiger partial charge in [0.15, 0.2) is 6.61 Å². The van der Waals surface area contributed by atoms with Crippen LogP contribution in [0.2, 0.25) is 5.02 Å². The fourth-order valence-corrected chi connectivity index (χ4v) is 1.99. The number of nitrogens with one attached hydrogen (secondary N) is 1. The van der Waals surface area contributed by atoms with Gasteiger partial charge in [-0.15, -0.1) is 0 Å². The lowest BCUT2D eigenvalue weighted by Crippen LogP contribution is -2.20. The number of hydrogen-bond donors (Lipinski definition) is 2. The van der Waals surface area contributed by atoms with Crippen molar-refractivity contribution >= 4 is 23.2 Å². The number of anilines is 1. The lowest BCUT2D eigenvalue weighted by molar-refractivity contribution is -0.118. The summed E-state index contributed by atoms with van der Waals surface area (Å²) in [5, 5.41) is 12.1. The van der Waals surface area contributed by atoms with Crippen molar-refractivity contribution in [2.24, 2.45) is 0 Å². The van der Waals surface area contributed by atoms with Gasteiger partial charge >= 0.3 is 0 Å². The highest BCUT2D eigenvalue weighted by Gasteiger charge is 2.07. The zero-order valence-corrected chi connectivity index (χ0v) is 12.4. The molecule has 0 bridgehead atoms. The summed E-state index contributed by atoms with van der Waals surface area (Å²) in [6.45, 7) is 1.76. The number of hydrogen-bond acceptors (Lipinski definition) is 3. The minimum Gasteiger partial charge on any atom is -0.482 e. The molecular weight excluding hydrogens is 290 g/mol. The molecule has 0 aliphatic heterocycles. The maximum Gasteiger partial charge on any atom is 0.262 e. The number of halogens is 1. The Morgan fingerprint density at radius 1 is 1.24 bits per heavy atom. The molecule has 0 saturated heterocycles. The highest BCUT2D eigenvalue weighted by molar-refractivity contribution is 6.32. The molecule has 0 aromatic heterocycles. The Balaban J connectivity index is 1.90. The Kier molecular flexibility index (Phi) is 5.20. The number of aliphatic hydroxyl groups excluding tert-OH is 1. The van der Waals surface area contributed by atoms with Gasteiger partial charge in [0.05, 0.1) is 11.6 Å². The minimum atomic E-state index is -0.263. The normalized spacial score (nSPS) is 10.2. The van der Waals surface area contributed by atoms with Crippen LogP contribution in [0.4, 0.5) is 5.69 Å². The second kappa shape index (κ2) is 7.11. The zero-order valence-electron chi connectivity index (χ0n) is 11.6. The van der Waals surface area contributed by atoms with Crippen LogP contribution in [-0.4, -0.2) is 17.6 Å². The number of aliphatic hydroxyl groups is 1. The Morgan fingerprint density at radius 3 is 2.57 bits per heavy atom. The fraction of sp³-hybridized carbons (Fsp3) is 0.188. The first kappa shape index (κ1) is 15.4. The molecule has 0 atom stereocenters. The van der Waals surface area contributed by atoms with Crippen LogP contribution in [0.1, 0.15) is 11.1 Å². The Bertz CT molecular complexity index is 626. The van der Waals surface area contributed by atoms with Crippen LogP contribution in [0.5, 0.6) is 5.75 Å². The van der Waals surface area contributed by atoms with E-state index in [4.69, 9.17) is 21.4 Å². The number of ether oxygens (including phenoxy) is 1. The molecule has 0 fully saturated rings. The van der Waals surface area contributed by atoms with E-state index >= 15 is 0 Å². The lowest BCUT2D eigenvalue weighted by atomic mass is 10.2. The van der Waals surface area contributed by atoms with E-state index in [1.165, 1.54) is 0 Å². The third kappa shape index (κ3) is 4.48. The van der Waals surface area contributed by atoms with Crippen molar-refractivity contribution in [2.75, 3.05) is 11.9 Å². The monoisotopic (exact) mass is 305 g/mol. The van der Waals surface area contributed by atoms with Crippen molar-refractivity contribution in [3.8, 4) is 5.75 Å². The Morgan fingerprint density at radius 2 is 1.95 bits per heavy atom. The molecule has 0 spiro atoms. The average molecular weight is 306 g/mol. The number of carbonyl (C=O) groups excluding carboxylic acids is 1. The number of carbonyl (C=O) groups is 1. The van der Waals surface area contributed by atoms with Gasteiger partial charge in [-0.3, -0.25) is 4.79 Å². The largest absolute Gasteiger partial charge is 0.482 e. The summed E-state index contributed by atoms with van der Waals surface area (Å²) in [4.78, 5) is 11.8. The van der Waals surface area contributed by atoms with Gasteiger partial charge in [-0.1, -0.05) is 35.4 Å². The number of amides is 1. The molecule has 0 unspecified atom stereocenters.